The fourth-order valence-corrected chi connectivity index (χ4v) is 3.81. The van der Waals surface area contributed by atoms with Gasteiger partial charge in [0.15, 0.2) is 5.76 Å². The molecule has 1 aliphatic rings. The number of ether oxygens (including phenoxy) is 2. The van der Waals surface area contributed by atoms with Gasteiger partial charge in [-0.05, 0) is 48.5 Å². The number of amides is 2. The fourth-order valence-electron chi connectivity index (χ4n) is 3.81. The Morgan fingerprint density at radius 2 is 1.47 bits per heavy atom. The number of nitrogens with zero attached hydrogens (tertiary/aromatic N) is 1. The summed E-state index contributed by atoms with van der Waals surface area (Å²) in [6.45, 7) is -0.652. The molecule has 0 radical (unpaired) electrons. The maximum Gasteiger partial charge on any atom is 0.331 e. The van der Waals surface area contributed by atoms with Gasteiger partial charge in [0.25, 0.3) is 11.8 Å². The van der Waals surface area contributed by atoms with E-state index in [1.807, 2.05) is 0 Å². The van der Waals surface area contributed by atoms with Crippen LogP contribution in [-0.4, -0.2) is 36.3 Å². The maximum absolute atomic E-state index is 13.2. The first-order valence-corrected chi connectivity index (χ1v) is 10.3. The predicted molar refractivity (Wildman–Crippen MR) is 122 cm³/mol. The molecule has 0 spiro atoms. The number of carbonyl (C=O) groups is 3. The fraction of sp³-hybridized carbons (Fsp3) is 0.0769. The summed E-state index contributed by atoms with van der Waals surface area (Å²) in [5.41, 5.74) is 0.669. The largest absolute Gasteiger partial charge is 0.497 e. The number of methoxy groups -OCH3 is 1. The van der Waals surface area contributed by atoms with Crippen molar-refractivity contribution in [2.24, 2.45) is 0 Å². The Kier molecular flexibility index (Phi) is 5.18. The summed E-state index contributed by atoms with van der Waals surface area (Å²) < 4.78 is 16.5. The Hall–Kier alpha value is -4.72. The van der Waals surface area contributed by atoms with E-state index in [0.717, 1.165) is 4.90 Å². The normalized spacial score (nSPS) is 12.7. The van der Waals surface area contributed by atoms with E-state index in [1.54, 1.807) is 60.7 Å². The van der Waals surface area contributed by atoms with Crippen LogP contribution in [-0.2, 0) is 4.79 Å². The minimum absolute atomic E-state index is 0.0436. The van der Waals surface area contributed by atoms with E-state index < -0.39 is 29.8 Å². The Bertz CT molecular complexity index is 1480. The number of benzene rings is 3. The molecule has 0 saturated heterocycles. The zero-order chi connectivity index (χ0) is 23.8. The van der Waals surface area contributed by atoms with E-state index in [9.17, 15) is 19.2 Å². The Morgan fingerprint density at radius 1 is 0.853 bits per heavy atom. The highest BCUT2D eigenvalue weighted by molar-refractivity contribution is 6.22. The highest BCUT2D eigenvalue weighted by Crippen LogP contribution is 2.32. The highest BCUT2D eigenvalue weighted by atomic mass is 16.5. The standard InChI is InChI=1S/C26H17NO7/c1-32-16-12-10-15(11-13-16)23-24(22(29)19-8-4-5-9-20(19)33-23)34-21(28)14-27-25(30)17-6-2-3-7-18(17)26(27)31/h2-13H,14H2,1H3. The van der Waals surface area contributed by atoms with E-state index in [1.165, 1.54) is 19.2 Å². The number of imide groups is 1. The van der Waals surface area contributed by atoms with Gasteiger partial charge in [0.2, 0.25) is 11.2 Å². The Balaban J connectivity index is 1.51. The predicted octanol–water partition coefficient (Wildman–Crippen LogP) is 3.67. The van der Waals surface area contributed by atoms with Gasteiger partial charge in [0.05, 0.1) is 23.6 Å². The first-order chi connectivity index (χ1) is 16.5. The van der Waals surface area contributed by atoms with E-state index in [-0.39, 0.29) is 28.0 Å². The van der Waals surface area contributed by atoms with Gasteiger partial charge in [-0.2, -0.15) is 0 Å². The number of carbonyl (C=O) groups excluding carboxylic acids is 3. The van der Waals surface area contributed by atoms with Gasteiger partial charge < -0.3 is 13.9 Å². The lowest BCUT2D eigenvalue weighted by molar-refractivity contribution is -0.134. The van der Waals surface area contributed by atoms with Crippen LogP contribution in [0.3, 0.4) is 0 Å². The summed E-state index contributed by atoms with van der Waals surface area (Å²) in [7, 11) is 1.53. The van der Waals surface area contributed by atoms with Crippen LogP contribution in [0.5, 0.6) is 11.5 Å². The quantitative estimate of drug-likeness (QED) is 0.334. The molecule has 1 aliphatic heterocycles. The summed E-state index contributed by atoms with van der Waals surface area (Å²) in [5, 5.41) is 0.225. The SMILES string of the molecule is COc1ccc(-c2oc3ccccc3c(=O)c2OC(=O)CN2C(=O)c3ccccc3C2=O)cc1. The van der Waals surface area contributed by atoms with Crippen LogP contribution in [0.1, 0.15) is 20.7 Å². The van der Waals surface area contributed by atoms with E-state index in [4.69, 9.17) is 13.9 Å². The van der Waals surface area contributed by atoms with Crippen molar-refractivity contribution >= 4 is 28.8 Å². The Morgan fingerprint density at radius 3 is 2.12 bits per heavy atom. The lowest BCUT2D eigenvalue weighted by Gasteiger charge is -2.14. The first kappa shape index (κ1) is 21.1. The van der Waals surface area contributed by atoms with Crippen molar-refractivity contribution < 1.29 is 28.3 Å². The molecule has 0 aliphatic carbocycles. The lowest BCUT2D eigenvalue weighted by atomic mass is 10.1. The van der Waals surface area contributed by atoms with E-state index in [2.05, 4.69) is 0 Å². The summed E-state index contributed by atoms with van der Waals surface area (Å²) in [6.07, 6.45) is 0. The van der Waals surface area contributed by atoms with Crippen LogP contribution < -0.4 is 14.9 Å². The van der Waals surface area contributed by atoms with Crippen LogP contribution in [0.2, 0.25) is 0 Å². The van der Waals surface area contributed by atoms with Gasteiger partial charge in [-0.25, -0.2) is 4.79 Å². The first-order valence-electron chi connectivity index (χ1n) is 10.3. The van der Waals surface area contributed by atoms with Crippen molar-refractivity contribution in [3.63, 3.8) is 0 Å². The van der Waals surface area contributed by atoms with Crippen molar-refractivity contribution in [1.82, 2.24) is 4.90 Å². The third-order valence-electron chi connectivity index (χ3n) is 5.49. The number of fused-ring (bicyclic) bond motifs is 2. The van der Waals surface area contributed by atoms with Gasteiger partial charge in [-0.15, -0.1) is 0 Å². The smallest absolute Gasteiger partial charge is 0.331 e. The van der Waals surface area contributed by atoms with Crippen LogP contribution in [0, 0.1) is 0 Å². The molecule has 0 unspecified atom stereocenters. The molecule has 4 aromatic rings. The van der Waals surface area contributed by atoms with Crippen molar-refractivity contribution in [2.75, 3.05) is 13.7 Å². The van der Waals surface area contributed by atoms with Crippen LogP contribution in [0.4, 0.5) is 0 Å². The van der Waals surface area contributed by atoms with Gasteiger partial charge in [0.1, 0.15) is 17.9 Å². The lowest BCUT2D eigenvalue weighted by Crippen LogP contribution is -2.37. The molecule has 168 valence electrons. The van der Waals surface area contributed by atoms with E-state index in [0.29, 0.717) is 16.9 Å². The molecule has 8 nitrogen and oxygen atoms in total. The molecular weight excluding hydrogens is 438 g/mol. The number of para-hydroxylation sites is 1. The molecule has 0 saturated carbocycles. The van der Waals surface area contributed by atoms with Crippen LogP contribution in [0.15, 0.2) is 82.0 Å². The molecule has 0 atom stereocenters. The minimum Gasteiger partial charge on any atom is -0.497 e. The van der Waals surface area contributed by atoms with Gasteiger partial charge >= 0.3 is 5.97 Å². The van der Waals surface area contributed by atoms with Crippen molar-refractivity contribution in [1.29, 1.82) is 0 Å². The Labute approximate surface area is 192 Å². The molecule has 2 heterocycles. The monoisotopic (exact) mass is 455 g/mol. The van der Waals surface area contributed by atoms with Crippen molar-refractivity contribution in [2.45, 2.75) is 0 Å². The average molecular weight is 455 g/mol. The summed E-state index contributed by atoms with van der Waals surface area (Å²) in [5.74, 6) is -1.84. The molecule has 0 N–H and O–H groups in total. The molecule has 5 rings (SSSR count). The third-order valence-corrected chi connectivity index (χ3v) is 5.49. The number of rotatable bonds is 5. The maximum atomic E-state index is 13.2. The third kappa shape index (κ3) is 3.51. The van der Waals surface area contributed by atoms with Gasteiger partial charge in [-0.1, -0.05) is 24.3 Å². The molecule has 0 fully saturated rings. The molecule has 1 aromatic heterocycles. The molecule has 8 heteroatoms. The van der Waals surface area contributed by atoms with Gasteiger partial charge in [0, 0.05) is 5.56 Å². The molecule has 2 amide bonds. The minimum atomic E-state index is -0.952. The average Bonchev–Trinajstić information content (AvgIpc) is 3.10. The number of hydrogen-bond donors (Lipinski definition) is 0. The highest BCUT2D eigenvalue weighted by Gasteiger charge is 2.37. The van der Waals surface area contributed by atoms with Crippen LogP contribution >= 0.6 is 0 Å². The van der Waals surface area contributed by atoms with Gasteiger partial charge in [-0.3, -0.25) is 19.3 Å². The molecule has 34 heavy (non-hydrogen) atoms. The van der Waals surface area contributed by atoms with Crippen LogP contribution in [0.25, 0.3) is 22.3 Å². The summed E-state index contributed by atoms with van der Waals surface area (Å²) in [4.78, 5) is 52.0. The zero-order valence-electron chi connectivity index (χ0n) is 17.9. The van der Waals surface area contributed by atoms with Crippen molar-refractivity contribution in [3.05, 3.63) is 94.1 Å². The van der Waals surface area contributed by atoms with E-state index >= 15 is 0 Å². The molecule has 0 bridgehead atoms. The molecular formula is C26H17NO7. The van der Waals surface area contributed by atoms with Crippen molar-refractivity contribution in [3.8, 4) is 22.8 Å². The number of hydrogen-bond acceptors (Lipinski definition) is 7. The summed E-state index contributed by atoms with van der Waals surface area (Å²) >= 11 is 0. The molecule has 3 aromatic carbocycles. The second kappa shape index (κ2) is 8.32. The zero-order valence-corrected chi connectivity index (χ0v) is 17.9. The topological polar surface area (TPSA) is 103 Å². The second-order valence-corrected chi connectivity index (χ2v) is 7.53. The number of esters is 1. The second-order valence-electron chi connectivity index (χ2n) is 7.53. The summed E-state index contributed by atoms with van der Waals surface area (Å²) in [6, 6.07) is 19.5.